The number of rotatable bonds is 2. The summed E-state index contributed by atoms with van der Waals surface area (Å²) in [5.41, 5.74) is -2.21. The third-order valence-electron chi connectivity index (χ3n) is 2.43. The molecule has 0 saturated carbocycles. The number of nitrogens with one attached hydrogen (secondary N) is 1. The first kappa shape index (κ1) is 13.2. The predicted octanol–water partition coefficient (Wildman–Crippen LogP) is 3.54. The van der Waals surface area contributed by atoms with Gasteiger partial charge in [-0.2, -0.15) is 13.2 Å². The zero-order valence-electron chi connectivity index (χ0n) is 7.94. The van der Waals surface area contributed by atoms with Crippen molar-refractivity contribution in [1.29, 1.82) is 5.41 Å². The molecule has 0 fully saturated rings. The van der Waals surface area contributed by atoms with Crippen LogP contribution in [0.2, 0.25) is 0 Å². The summed E-state index contributed by atoms with van der Waals surface area (Å²) in [6, 6.07) is 0. The molecule has 1 rings (SSSR count). The van der Waals surface area contributed by atoms with E-state index in [1.165, 1.54) is 0 Å². The van der Waals surface area contributed by atoms with Crippen LogP contribution in [0, 0.1) is 11.3 Å². The maximum absolute atomic E-state index is 13.5. The number of hydrogen-bond donors (Lipinski definition) is 1. The van der Waals surface area contributed by atoms with Crippen molar-refractivity contribution in [3.63, 3.8) is 0 Å². The van der Waals surface area contributed by atoms with E-state index in [-0.39, 0.29) is 6.42 Å². The fourth-order valence-electron chi connectivity index (χ4n) is 1.62. The maximum Gasteiger partial charge on any atom is 0.417 e. The van der Waals surface area contributed by atoms with E-state index in [9.17, 15) is 22.0 Å². The van der Waals surface area contributed by atoms with Crippen LogP contribution in [0.4, 0.5) is 22.0 Å². The zero-order chi connectivity index (χ0) is 12.5. The summed E-state index contributed by atoms with van der Waals surface area (Å²) >= 11 is 4.36. The molecule has 90 valence electrons. The molecule has 1 aliphatic carbocycles. The van der Waals surface area contributed by atoms with Crippen LogP contribution in [0.1, 0.15) is 12.8 Å². The Morgan fingerprint density at radius 1 is 1.44 bits per heavy atom. The molecule has 2 atom stereocenters. The van der Waals surface area contributed by atoms with Gasteiger partial charge in [0.25, 0.3) is 0 Å². The third-order valence-corrected chi connectivity index (χ3v) is 2.68. The maximum atomic E-state index is 13.5. The van der Waals surface area contributed by atoms with Gasteiger partial charge in [-0.3, -0.25) is 0 Å². The number of alkyl halides is 4. The molecule has 0 aliphatic heterocycles. The Labute approximate surface area is 93.8 Å². The second-order valence-corrected chi connectivity index (χ2v) is 3.67. The lowest BCUT2D eigenvalue weighted by molar-refractivity contribution is -0.106. The Hall–Kier alpha value is -0.850. The standard InChI is InChI=1S/C9H8F5NS/c10-5-2-1-4(6(15)3-16)8(11)7(5)9(12,13)14/h3-4,8,15H,1-2H2. The van der Waals surface area contributed by atoms with E-state index >= 15 is 0 Å². The highest BCUT2D eigenvalue weighted by Crippen LogP contribution is 2.42. The van der Waals surface area contributed by atoms with E-state index in [1.54, 1.807) is 0 Å². The van der Waals surface area contributed by atoms with Crippen molar-refractivity contribution in [3.05, 3.63) is 11.4 Å². The molecule has 7 heteroatoms. The topological polar surface area (TPSA) is 23.9 Å². The fourth-order valence-corrected chi connectivity index (χ4v) is 1.80. The first-order valence-electron chi connectivity index (χ1n) is 4.42. The van der Waals surface area contributed by atoms with Gasteiger partial charge >= 0.3 is 6.18 Å². The average Bonchev–Trinajstić information content (AvgIpc) is 2.14. The monoisotopic (exact) mass is 257 g/mol. The largest absolute Gasteiger partial charge is 0.417 e. The van der Waals surface area contributed by atoms with Gasteiger partial charge in [0.05, 0.1) is 5.57 Å². The molecule has 0 bridgehead atoms. The van der Waals surface area contributed by atoms with E-state index in [0.717, 1.165) is 5.37 Å². The highest BCUT2D eigenvalue weighted by atomic mass is 32.1. The number of halogens is 5. The van der Waals surface area contributed by atoms with Gasteiger partial charge in [0.1, 0.15) is 12.0 Å². The molecule has 2 unspecified atom stereocenters. The lowest BCUT2D eigenvalue weighted by Crippen LogP contribution is -2.36. The van der Waals surface area contributed by atoms with Crippen molar-refractivity contribution in [2.45, 2.75) is 25.2 Å². The average molecular weight is 257 g/mol. The molecule has 0 saturated heterocycles. The van der Waals surface area contributed by atoms with Crippen LogP contribution in [0.15, 0.2) is 11.4 Å². The Morgan fingerprint density at radius 3 is 2.44 bits per heavy atom. The molecule has 1 N–H and O–H groups in total. The summed E-state index contributed by atoms with van der Waals surface area (Å²) in [5, 5.41) is 8.02. The molecule has 0 aromatic rings. The first-order valence-corrected chi connectivity index (χ1v) is 4.89. The number of thiocarbonyl (C=S) groups is 1. The van der Waals surface area contributed by atoms with Crippen molar-refractivity contribution < 1.29 is 22.0 Å². The van der Waals surface area contributed by atoms with Crippen LogP contribution in [0.5, 0.6) is 0 Å². The van der Waals surface area contributed by atoms with Gasteiger partial charge in [0.2, 0.25) is 0 Å². The highest BCUT2D eigenvalue weighted by molar-refractivity contribution is 7.80. The lowest BCUT2D eigenvalue weighted by atomic mass is 9.83. The van der Waals surface area contributed by atoms with Crippen molar-refractivity contribution in [2.75, 3.05) is 0 Å². The summed E-state index contributed by atoms with van der Waals surface area (Å²) < 4.78 is 63.4. The zero-order valence-corrected chi connectivity index (χ0v) is 8.76. The first-order chi connectivity index (χ1) is 7.29. The van der Waals surface area contributed by atoms with E-state index in [1.807, 2.05) is 0 Å². The molecule has 0 radical (unpaired) electrons. The number of hydrogen-bond acceptors (Lipinski definition) is 2. The molecule has 0 aromatic heterocycles. The van der Waals surface area contributed by atoms with Gasteiger partial charge < -0.3 is 5.41 Å². The van der Waals surface area contributed by atoms with Crippen LogP contribution in [-0.4, -0.2) is 23.4 Å². The van der Waals surface area contributed by atoms with Gasteiger partial charge in [-0.25, -0.2) is 8.78 Å². The Kier molecular flexibility index (Phi) is 3.77. The van der Waals surface area contributed by atoms with Crippen LogP contribution >= 0.6 is 12.2 Å². The fraction of sp³-hybridized carbons (Fsp3) is 0.556. The Bertz CT molecular complexity index is 346. The molecular formula is C9H8F5NS. The summed E-state index contributed by atoms with van der Waals surface area (Å²) in [6.07, 6.45) is -8.26. The van der Waals surface area contributed by atoms with Crippen molar-refractivity contribution >= 4 is 23.3 Å². The molecule has 0 amide bonds. The van der Waals surface area contributed by atoms with Gasteiger partial charge in [-0.1, -0.05) is 12.2 Å². The second kappa shape index (κ2) is 4.57. The van der Waals surface area contributed by atoms with Gasteiger partial charge in [-0.05, 0) is 6.42 Å². The van der Waals surface area contributed by atoms with E-state index in [2.05, 4.69) is 12.2 Å². The molecule has 1 nitrogen and oxygen atoms in total. The lowest BCUT2D eigenvalue weighted by Gasteiger charge is -2.28. The quantitative estimate of drug-likeness (QED) is 0.456. The van der Waals surface area contributed by atoms with Crippen molar-refractivity contribution in [3.8, 4) is 0 Å². The Balaban J connectivity index is 3.07. The highest BCUT2D eigenvalue weighted by Gasteiger charge is 2.47. The van der Waals surface area contributed by atoms with Gasteiger partial charge in [0.15, 0.2) is 0 Å². The molecule has 0 spiro atoms. The normalized spacial score (nSPS) is 26.8. The van der Waals surface area contributed by atoms with Gasteiger partial charge in [0, 0.05) is 23.4 Å². The smallest absolute Gasteiger partial charge is 0.304 e. The van der Waals surface area contributed by atoms with Gasteiger partial charge in [-0.15, -0.1) is 0 Å². The molecule has 1 aliphatic rings. The number of allylic oxidation sites excluding steroid dienone is 2. The van der Waals surface area contributed by atoms with E-state index in [4.69, 9.17) is 5.41 Å². The van der Waals surface area contributed by atoms with Crippen LogP contribution in [0.25, 0.3) is 0 Å². The van der Waals surface area contributed by atoms with Crippen molar-refractivity contribution in [1.82, 2.24) is 0 Å². The second-order valence-electron chi connectivity index (χ2n) is 3.44. The minimum absolute atomic E-state index is 0.168. The van der Waals surface area contributed by atoms with E-state index < -0.39 is 41.8 Å². The molecule has 0 heterocycles. The summed E-state index contributed by atoms with van der Waals surface area (Å²) in [5.74, 6) is -2.78. The van der Waals surface area contributed by atoms with E-state index in [0.29, 0.717) is 0 Å². The van der Waals surface area contributed by atoms with Crippen LogP contribution in [0.3, 0.4) is 0 Å². The third kappa shape index (κ3) is 2.45. The Morgan fingerprint density at radius 2 is 2.00 bits per heavy atom. The SMILES string of the molecule is N=C(C=S)C1CCC(F)=C(C(F)(F)F)C1F. The summed E-state index contributed by atoms with van der Waals surface area (Å²) in [4.78, 5) is 0. The summed E-state index contributed by atoms with van der Waals surface area (Å²) in [7, 11) is 0. The molecular weight excluding hydrogens is 249 g/mol. The minimum Gasteiger partial charge on any atom is -0.304 e. The molecule has 16 heavy (non-hydrogen) atoms. The van der Waals surface area contributed by atoms with Crippen LogP contribution < -0.4 is 0 Å². The van der Waals surface area contributed by atoms with Crippen molar-refractivity contribution in [2.24, 2.45) is 5.92 Å². The summed E-state index contributed by atoms with van der Waals surface area (Å²) in [6.45, 7) is 0. The molecule has 0 aromatic carbocycles. The predicted molar refractivity (Wildman–Crippen MR) is 53.2 cm³/mol. The van der Waals surface area contributed by atoms with Crippen LogP contribution in [-0.2, 0) is 0 Å². The minimum atomic E-state index is -5.04.